The van der Waals surface area contributed by atoms with Crippen LogP contribution in [0.2, 0.25) is 0 Å². The fraction of sp³-hybridized carbons (Fsp3) is 0.294. The topological polar surface area (TPSA) is 121 Å². The van der Waals surface area contributed by atoms with E-state index in [0.29, 0.717) is 48.7 Å². The van der Waals surface area contributed by atoms with Gasteiger partial charge < -0.3 is 19.8 Å². The molecule has 0 radical (unpaired) electrons. The molecule has 6 rings (SSSR count). The molecule has 3 atom stereocenters. The van der Waals surface area contributed by atoms with Crippen molar-refractivity contribution >= 4 is 23.4 Å². The second-order valence-electron chi connectivity index (χ2n) is 11.2. The van der Waals surface area contributed by atoms with Crippen LogP contribution in [-0.4, -0.2) is 57.0 Å². The van der Waals surface area contributed by atoms with E-state index in [1.54, 1.807) is 20.5 Å². The molecular weight excluding hydrogens is 558 g/mol. The summed E-state index contributed by atoms with van der Waals surface area (Å²) in [6.07, 6.45) is 5.89. The van der Waals surface area contributed by atoms with Gasteiger partial charge in [0.15, 0.2) is 5.60 Å². The minimum Gasteiger partial charge on any atom is -0.447 e. The SMILES string of the molecule is C[C@H](/C=C/CCn1cc(C(CO)c2ccccc2)nn1)[C@@]1(O)C(=O)N(Cc2cccc(N3CCOC3=O)c2)c2ccccc21. The van der Waals surface area contributed by atoms with Gasteiger partial charge in [-0.2, -0.15) is 0 Å². The van der Waals surface area contributed by atoms with Crippen molar-refractivity contribution in [3.8, 4) is 0 Å². The first-order chi connectivity index (χ1) is 21.4. The number of benzene rings is 3. The third-order valence-corrected chi connectivity index (χ3v) is 8.41. The summed E-state index contributed by atoms with van der Waals surface area (Å²) in [5.74, 6) is -1.14. The Labute approximate surface area is 255 Å². The molecule has 1 unspecified atom stereocenters. The number of aryl methyl sites for hydroxylation is 1. The number of anilines is 2. The molecule has 44 heavy (non-hydrogen) atoms. The Hall–Kier alpha value is -4.80. The van der Waals surface area contributed by atoms with Gasteiger partial charge in [-0.1, -0.05) is 85.0 Å². The molecule has 10 nitrogen and oxygen atoms in total. The van der Waals surface area contributed by atoms with Crippen LogP contribution in [0.15, 0.2) is 97.2 Å². The summed E-state index contributed by atoms with van der Waals surface area (Å²) in [5.41, 5.74) is 2.72. The van der Waals surface area contributed by atoms with Gasteiger partial charge in [0.05, 0.1) is 37.0 Å². The van der Waals surface area contributed by atoms with Gasteiger partial charge in [0, 0.05) is 29.9 Å². The minimum absolute atomic E-state index is 0.0657. The van der Waals surface area contributed by atoms with E-state index in [1.165, 1.54) is 0 Å². The zero-order chi connectivity index (χ0) is 30.7. The fourth-order valence-electron chi connectivity index (χ4n) is 5.98. The lowest BCUT2D eigenvalue weighted by atomic mass is 9.83. The predicted octanol–water partition coefficient (Wildman–Crippen LogP) is 4.38. The Kier molecular flexibility index (Phi) is 8.28. The molecule has 0 bridgehead atoms. The summed E-state index contributed by atoms with van der Waals surface area (Å²) >= 11 is 0. The van der Waals surface area contributed by atoms with Gasteiger partial charge in [-0.15, -0.1) is 5.10 Å². The molecule has 3 heterocycles. The van der Waals surface area contributed by atoms with Gasteiger partial charge >= 0.3 is 6.09 Å². The van der Waals surface area contributed by atoms with E-state index < -0.39 is 17.4 Å². The van der Waals surface area contributed by atoms with Crippen LogP contribution in [0.1, 0.15) is 41.6 Å². The molecule has 0 spiro atoms. The molecule has 1 saturated heterocycles. The molecule has 4 aromatic rings. The Bertz CT molecular complexity index is 1670. The van der Waals surface area contributed by atoms with Crippen molar-refractivity contribution in [2.75, 3.05) is 29.6 Å². The van der Waals surface area contributed by atoms with Crippen LogP contribution < -0.4 is 9.80 Å². The van der Waals surface area contributed by atoms with Crippen LogP contribution in [0.25, 0.3) is 0 Å². The lowest BCUT2D eigenvalue weighted by molar-refractivity contribution is -0.139. The van der Waals surface area contributed by atoms with Gasteiger partial charge in [-0.3, -0.25) is 14.4 Å². The summed E-state index contributed by atoms with van der Waals surface area (Å²) < 4.78 is 6.81. The average molecular weight is 594 g/mol. The number of aliphatic hydroxyl groups is 2. The number of carbonyl (C=O) groups is 2. The Morgan fingerprint density at radius 1 is 1.05 bits per heavy atom. The van der Waals surface area contributed by atoms with Crippen LogP contribution >= 0.6 is 0 Å². The van der Waals surface area contributed by atoms with E-state index in [0.717, 1.165) is 11.1 Å². The number of allylic oxidation sites excluding steroid dienone is 1. The maximum Gasteiger partial charge on any atom is 0.414 e. The number of cyclic esters (lactones) is 1. The highest BCUT2D eigenvalue weighted by Crippen LogP contribution is 2.45. The van der Waals surface area contributed by atoms with E-state index in [2.05, 4.69) is 10.3 Å². The zero-order valence-corrected chi connectivity index (χ0v) is 24.5. The highest BCUT2D eigenvalue weighted by atomic mass is 16.6. The molecule has 226 valence electrons. The van der Waals surface area contributed by atoms with E-state index in [-0.39, 0.29) is 25.2 Å². The first-order valence-corrected chi connectivity index (χ1v) is 14.8. The molecule has 1 fully saturated rings. The van der Waals surface area contributed by atoms with Crippen LogP contribution in [0.3, 0.4) is 0 Å². The maximum atomic E-state index is 13.9. The van der Waals surface area contributed by atoms with Crippen LogP contribution in [-0.2, 0) is 28.2 Å². The Balaban J connectivity index is 1.14. The largest absolute Gasteiger partial charge is 0.447 e. The van der Waals surface area contributed by atoms with Gasteiger partial charge in [-0.25, -0.2) is 4.79 Å². The van der Waals surface area contributed by atoms with Gasteiger partial charge in [0.2, 0.25) is 0 Å². The van der Waals surface area contributed by atoms with Crippen LogP contribution in [0, 0.1) is 5.92 Å². The molecule has 2 aliphatic rings. The summed E-state index contributed by atoms with van der Waals surface area (Å²) in [6.45, 7) is 3.40. The summed E-state index contributed by atoms with van der Waals surface area (Å²) in [6, 6.07) is 24.5. The minimum atomic E-state index is -1.73. The lowest BCUT2D eigenvalue weighted by Gasteiger charge is -2.27. The van der Waals surface area contributed by atoms with Crippen LogP contribution in [0.4, 0.5) is 16.2 Å². The average Bonchev–Trinajstić information content (AvgIpc) is 3.75. The number of amides is 2. The molecule has 0 aliphatic carbocycles. The third-order valence-electron chi connectivity index (χ3n) is 8.41. The van der Waals surface area contributed by atoms with Crippen LogP contribution in [0.5, 0.6) is 0 Å². The number of nitrogens with zero attached hydrogens (tertiary/aromatic N) is 5. The highest BCUT2D eigenvalue weighted by molar-refractivity contribution is 6.07. The van der Waals surface area contributed by atoms with E-state index in [1.807, 2.05) is 98.1 Å². The number of aliphatic hydroxyl groups excluding tert-OH is 1. The number of para-hydroxylation sites is 1. The van der Waals surface area contributed by atoms with E-state index in [9.17, 15) is 19.8 Å². The predicted molar refractivity (Wildman–Crippen MR) is 165 cm³/mol. The number of carbonyl (C=O) groups excluding carboxylic acids is 2. The summed E-state index contributed by atoms with van der Waals surface area (Å²) in [4.78, 5) is 29.2. The molecule has 10 heteroatoms. The maximum absolute atomic E-state index is 13.9. The molecule has 2 amide bonds. The standard InChI is InChI=1S/C34H35N5O5/c1-24(10-7-8-17-37-22-30(35-36-37)28(23-40)26-12-3-2-4-13-26)34(43)29-15-5-6-16-31(29)39(32(34)41)21-25-11-9-14-27(20-25)38-18-19-44-33(38)42/h2-7,9-16,20,22,24,28,40,43H,8,17-19,21,23H2,1H3/b10-7+/t24-,28?,34+/m1/s1. The van der Waals surface area contributed by atoms with E-state index in [4.69, 9.17) is 4.74 Å². The normalized spacial score (nSPS) is 19.4. The van der Waals surface area contributed by atoms with Gasteiger partial charge in [0.1, 0.15) is 6.61 Å². The van der Waals surface area contributed by atoms with Crippen molar-refractivity contribution in [2.24, 2.45) is 5.92 Å². The van der Waals surface area contributed by atoms with E-state index >= 15 is 0 Å². The molecule has 3 aromatic carbocycles. The van der Waals surface area contributed by atoms with Crippen molar-refractivity contribution in [1.29, 1.82) is 0 Å². The van der Waals surface area contributed by atoms with Gasteiger partial charge in [-0.05, 0) is 35.7 Å². The Morgan fingerprint density at radius 2 is 1.84 bits per heavy atom. The smallest absolute Gasteiger partial charge is 0.414 e. The molecular formula is C34H35N5O5. The molecule has 0 saturated carbocycles. The first-order valence-electron chi connectivity index (χ1n) is 14.8. The molecule has 1 aromatic heterocycles. The number of ether oxygens (including phenoxy) is 1. The van der Waals surface area contributed by atoms with Crippen molar-refractivity contribution in [2.45, 2.75) is 38.0 Å². The highest BCUT2D eigenvalue weighted by Gasteiger charge is 2.52. The molecule has 2 N–H and O–H groups in total. The Morgan fingerprint density at radius 3 is 2.61 bits per heavy atom. The summed E-state index contributed by atoms with van der Waals surface area (Å²) in [5, 5.41) is 30.4. The first kappa shape index (κ1) is 29.3. The monoisotopic (exact) mass is 593 g/mol. The summed E-state index contributed by atoms with van der Waals surface area (Å²) in [7, 11) is 0. The van der Waals surface area contributed by atoms with Crippen molar-refractivity contribution in [3.63, 3.8) is 0 Å². The fourth-order valence-corrected chi connectivity index (χ4v) is 5.98. The number of aromatic nitrogens is 3. The van der Waals surface area contributed by atoms with Gasteiger partial charge in [0.25, 0.3) is 5.91 Å². The number of hydrogen-bond donors (Lipinski definition) is 2. The van der Waals surface area contributed by atoms with Crippen molar-refractivity contribution in [3.05, 3.63) is 120 Å². The van der Waals surface area contributed by atoms with Crippen molar-refractivity contribution < 1.29 is 24.5 Å². The zero-order valence-electron chi connectivity index (χ0n) is 24.5. The lowest BCUT2D eigenvalue weighted by Crippen LogP contribution is -2.44. The second kappa shape index (κ2) is 12.4. The number of fused-ring (bicyclic) bond motifs is 1. The molecule has 2 aliphatic heterocycles. The number of hydrogen-bond acceptors (Lipinski definition) is 7. The third kappa shape index (κ3) is 5.49. The van der Waals surface area contributed by atoms with Crippen molar-refractivity contribution in [1.82, 2.24) is 15.0 Å². The quantitative estimate of drug-likeness (QED) is 0.248. The number of rotatable bonds is 11. The second-order valence-corrected chi connectivity index (χ2v) is 11.2.